The van der Waals surface area contributed by atoms with E-state index in [1.165, 1.54) is 24.0 Å². The van der Waals surface area contributed by atoms with E-state index in [-0.39, 0.29) is 0 Å². The van der Waals surface area contributed by atoms with Gasteiger partial charge in [-0.25, -0.2) is 4.98 Å². The summed E-state index contributed by atoms with van der Waals surface area (Å²) in [5.41, 5.74) is 2.70. The van der Waals surface area contributed by atoms with Crippen LogP contribution in [0, 0.1) is 6.92 Å². The first kappa shape index (κ1) is 13.6. The zero-order valence-corrected chi connectivity index (χ0v) is 11.8. The van der Waals surface area contributed by atoms with Crippen LogP contribution in [0.2, 0.25) is 0 Å². The van der Waals surface area contributed by atoms with E-state index in [2.05, 4.69) is 59.1 Å². The smallest absolute Gasteiger partial charge is 0.105 e. The summed E-state index contributed by atoms with van der Waals surface area (Å²) < 4.78 is 2.22. The predicted octanol–water partition coefficient (Wildman–Crippen LogP) is 4.25. The van der Waals surface area contributed by atoms with Crippen LogP contribution < -0.4 is 0 Å². The number of rotatable bonds is 6. The minimum atomic E-state index is 1.07. The summed E-state index contributed by atoms with van der Waals surface area (Å²) in [4.78, 5) is 4.24. The van der Waals surface area contributed by atoms with Crippen molar-refractivity contribution in [1.29, 1.82) is 0 Å². The Hall–Kier alpha value is -1.83. The molecule has 0 N–H and O–H groups in total. The van der Waals surface area contributed by atoms with Crippen LogP contribution in [0.1, 0.15) is 36.7 Å². The number of imidazole rings is 1. The number of nitrogens with zero attached hydrogens (tertiary/aromatic N) is 2. The molecule has 1 aromatic carbocycles. The maximum atomic E-state index is 4.24. The Morgan fingerprint density at radius 1 is 1.16 bits per heavy atom. The van der Waals surface area contributed by atoms with Crippen molar-refractivity contribution in [3.8, 4) is 0 Å². The number of hydrogen-bond donors (Lipinski definition) is 0. The van der Waals surface area contributed by atoms with E-state index in [4.69, 9.17) is 0 Å². The molecule has 0 spiro atoms. The van der Waals surface area contributed by atoms with Crippen LogP contribution in [0.15, 0.2) is 42.7 Å². The van der Waals surface area contributed by atoms with Crippen molar-refractivity contribution < 1.29 is 0 Å². The van der Waals surface area contributed by atoms with Gasteiger partial charge in [0.1, 0.15) is 5.82 Å². The molecule has 0 saturated heterocycles. The molecule has 0 aliphatic rings. The maximum absolute atomic E-state index is 4.24. The second kappa shape index (κ2) is 6.93. The lowest BCUT2D eigenvalue weighted by Crippen LogP contribution is -1.99. The zero-order chi connectivity index (χ0) is 13.5. The number of benzene rings is 1. The van der Waals surface area contributed by atoms with Gasteiger partial charge in [0.05, 0.1) is 0 Å². The summed E-state index contributed by atoms with van der Waals surface area (Å²) in [5.74, 6) is 1.11. The topological polar surface area (TPSA) is 17.8 Å². The molecule has 1 aromatic heterocycles. The van der Waals surface area contributed by atoms with Gasteiger partial charge in [0.2, 0.25) is 0 Å². The van der Waals surface area contributed by atoms with Gasteiger partial charge in [0.25, 0.3) is 0 Å². The molecule has 0 saturated carbocycles. The fraction of sp³-hybridized carbons (Fsp3) is 0.353. The molecule has 0 aliphatic heterocycles. The molecule has 19 heavy (non-hydrogen) atoms. The summed E-state index contributed by atoms with van der Waals surface area (Å²) in [7, 11) is 0. The normalized spacial score (nSPS) is 11.3. The Morgan fingerprint density at radius 3 is 2.58 bits per heavy atom. The SMILES string of the molecule is CC=Cc1ccc(CCCCn2ccnc2C)cc1. The Kier molecular flexibility index (Phi) is 4.96. The third kappa shape index (κ3) is 4.09. The highest BCUT2D eigenvalue weighted by Gasteiger charge is 1.97. The van der Waals surface area contributed by atoms with E-state index >= 15 is 0 Å². The second-order valence-corrected chi connectivity index (χ2v) is 4.87. The first-order valence-electron chi connectivity index (χ1n) is 6.99. The van der Waals surface area contributed by atoms with E-state index in [1.54, 1.807) is 0 Å². The molecule has 0 bridgehead atoms. The van der Waals surface area contributed by atoms with Crippen molar-refractivity contribution in [3.05, 3.63) is 59.7 Å². The fourth-order valence-electron chi connectivity index (χ4n) is 2.24. The van der Waals surface area contributed by atoms with Crippen LogP contribution in [0.25, 0.3) is 6.08 Å². The molecule has 2 aromatic rings. The molecule has 2 nitrogen and oxygen atoms in total. The zero-order valence-electron chi connectivity index (χ0n) is 11.8. The maximum Gasteiger partial charge on any atom is 0.105 e. The van der Waals surface area contributed by atoms with Gasteiger partial charge in [0, 0.05) is 18.9 Å². The average molecular weight is 254 g/mol. The highest BCUT2D eigenvalue weighted by molar-refractivity contribution is 5.49. The van der Waals surface area contributed by atoms with E-state index in [0.29, 0.717) is 0 Å². The molecular formula is C17H22N2. The lowest BCUT2D eigenvalue weighted by atomic mass is 10.1. The quantitative estimate of drug-likeness (QED) is 0.705. The monoisotopic (exact) mass is 254 g/mol. The summed E-state index contributed by atoms with van der Waals surface area (Å²) in [5, 5.41) is 0. The van der Waals surface area contributed by atoms with E-state index in [1.807, 2.05) is 13.1 Å². The molecule has 1 heterocycles. The molecular weight excluding hydrogens is 232 g/mol. The van der Waals surface area contributed by atoms with Crippen molar-refractivity contribution in [2.45, 2.75) is 39.7 Å². The molecule has 0 aliphatic carbocycles. The van der Waals surface area contributed by atoms with Crippen LogP contribution in [-0.4, -0.2) is 9.55 Å². The standard InChI is InChI=1S/C17H22N2/c1-3-6-16-8-10-17(11-9-16)7-4-5-13-19-14-12-18-15(19)2/h3,6,8-12,14H,4-5,7,13H2,1-2H3. The van der Waals surface area contributed by atoms with Crippen molar-refractivity contribution in [1.82, 2.24) is 9.55 Å². The minimum absolute atomic E-state index is 1.07. The summed E-state index contributed by atoms with van der Waals surface area (Å²) in [6, 6.07) is 8.85. The summed E-state index contributed by atoms with van der Waals surface area (Å²) >= 11 is 0. The van der Waals surface area contributed by atoms with E-state index < -0.39 is 0 Å². The van der Waals surface area contributed by atoms with Gasteiger partial charge >= 0.3 is 0 Å². The number of aryl methyl sites for hydroxylation is 3. The second-order valence-electron chi connectivity index (χ2n) is 4.87. The lowest BCUT2D eigenvalue weighted by molar-refractivity contribution is 0.596. The van der Waals surface area contributed by atoms with Crippen molar-refractivity contribution >= 4 is 6.08 Å². The predicted molar refractivity (Wildman–Crippen MR) is 81.1 cm³/mol. The van der Waals surface area contributed by atoms with Gasteiger partial charge in [-0.05, 0) is 44.2 Å². The molecule has 0 atom stereocenters. The van der Waals surface area contributed by atoms with Crippen LogP contribution in [0.4, 0.5) is 0 Å². The number of hydrogen-bond acceptors (Lipinski definition) is 1. The largest absolute Gasteiger partial charge is 0.335 e. The Labute approximate surface area is 115 Å². The highest BCUT2D eigenvalue weighted by Crippen LogP contribution is 2.10. The fourth-order valence-corrected chi connectivity index (χ4v) is 2.24. The van der Waals surface area contributed by atoms with E-state index in [9.17, 15) is 0 Å². The van der Waals surface area contributed by atoms with Gasteiger partial charge in [0.15, 0.2) is 0 Å². The molecule has 0 unspecified atom stereocenters. The van der Waals surface area contributed by atoms with Crippen LogP contribution in [0.3, 0.4) is 0 Å². The van der Waals surface area contributed by atoms with Crippen LogP contribution in [0.5, 0.6) is 0 Å². The van der Waals surface area contributed by atoms with Gasteiger partial charge < -0.3 is 4.57 Å². The molecule has 2 rings (SSSR count). The minimum Gasteiger partial charge on any atom is -0.335 e. The van der Waals surface area contributed by atoms with Gasteiger partial charge in [-0.2, -0.15) is 0 Å². The third-order valence-electron chi connectivity index (χ3n) is 3.38. The Morgan fingerprint density at radius 2 is 1.95 bits per heavy atom. The number of aromatic nitrogens is 2. The number of unbranched alkanes of at least 4 members (excludes halogenated alkanes) is 1. The Bertz CT molecular complexity index is 520. The van der Waals surface area contributed by atoms with Gasteiger partial charge in [-0.3, -0.25) is 0 Å². The molecule has 100 valence electrons. The summed E-state index contributed by atoms with van der Waals surface area (Å²) in [6.45, 7) is 5.18. The van der Waals surface area contributed by atoms with Crippen LogP contribution in [-0.2, 0) is 13.0 Å². The van der Waals surface area contributed by atoms with Gasteiger partial charge in [-0.15, -0.1) is 0 Å². The molecule has 0 radical (unpaired) electrons. The average Bonchev–Trinajstić information content (AvgIpc) is 2.83. The van der Waals surface area contributed by atoms with Crippen LogP contribution >= 0.6 is 0 Å². The molecule has 2 heteroatoms. The summed E-state index contributed by atoms with van der Waals surface area (Å²) in [6.07, 6.45) is 11.7. The van der Waals surface area contributed by atoms with Crippen molar-refractivity contribution in [2.24, 2.45) is 0 Å². The number of allylic oxidation sites excluding steroid dienone is 1. The van der Waals surface area contributed by atoms with E-state index in [0.717, 1.165) is 18.8 Å². The highest BCUT2D eigenvalue weighted by atomic mass is 15.0. The van der Waals surface area contributed by atoms with Gasteiger partial charge in [-0.1, -0.05) is 36.4 Å². The molecule has 0 fully saturated rings. The lowest BCUT2D eigenvalue weighted by Gasteiger charge is -2.05. The Balaban J connectivity index is 1.75. The first-order valence-corrected chi connectivity index (χ1v) is 6.99. The van der Waals surface area contributed by atoms with Crippen molar-refractivity contribution in [3.63, 3.8) is 0 Å². The first-order chi connectivity index (χ1) is 9.29. The molecule has 0 amide bonds. The third-order valence-corrected chi connectivity index (χ3v) is 3.38. The van der Waals surface area contributed by atoms with Crippen molar-refractivity contribution in [2.75, 3.05) is 0 Å².